The Morgan fingerprint density at radius 3 is 2.31 bits per heavy atom. The summed E-state index contributed by atoms with van der Waals surface area (Å²) in [5.41, 5.74) is 2.01. The molecular weight excluding hydrogens is 168 g/mol. The van der Waals surface area contributed by atoms with Gasteiger partial charge < -0.3 is 5.11 Å². The van der Waals surface area contributed by atoms with E-state index >= 15 is 0 Å². The smallest absolute Gasteiger partial charge is 0.116 e. The third kappa shape index (κ3) is 5.00. The van der Waals surface area contributed by atoms with Gasteiger partial charge in [0, 0.05) is 0 Å². The molecule has 0 atom stereocenters. The third-order valence-corrected chi connectivity index (χ3v) is 1.32. The number of benzene rings is 1. The minimum Gasteiger partial charge on any atom is -0.508 e. The van der Waals surface area contributed by atoms with E-state index in [4.69, 9.17) is 10.4 Å². The van der Waals surface area contributed by atoms with Crippen LogP contribution in [0.4, 0.5) is 0 Å². The Labute approximate surface area is 77.8 Å². The lowest BCUT2D eigenvalue weighted by Crippen LogP contribution is -1.74. The Kier molecular flexibility index (Phi) is 5.59. The van der Waals surface area contributed by atoms with Crippen molar-refractivity contribution in [1.82, 2.24) is 0 Å². The molecule has 0 heterocycles. The SMILES string of the molecule is C=Cc1cc(C)cc(O)c1.COO. The molecule has 0 amide bonds. The van der Waals surface area contributed by atoms with Gasteiger partial charge in [-0.2, -0.15) is 0 Å². The van der Waals surface area contributed by atoms with Crippen LogP contribution < -0.4 is 0 Å². The van der Waals surface area contributed by atoms with Crippen molar-refractivity contribution in [2.45, 2.75) is 6.92 Å². The number of hydrogen-bond acceptors (Lipinski definition) is 3. The van der Waals surface area contributed by atoms with Gasteiger partial charge in [0.15, 0.2) is 0 Å². The second-order valence-corrected chi connectivity index (χ2v) is 2.49. The van der Waals surface area contributed by atoms with E-state index in [2.05, 4.69) is 11.5 Å². The molecule has 1 aromatic carbocycles. The molecule has 0 aliphatic rings. The van der Waals surface area contributed by atoms with E-state index in [-0.39, 0.29) is 0 Å². The molecule has 0 saturated carbocycles. The van der Waals surface area contributed by atoms with Crippen LogP contribution in [0.1, 0.15) is 11.1 Å². The van der Waals surface area contributed by atoms with E-state index in [9.17, 15) is 0 Å². The van der Waals surface area contributed by atoms with E-state index in [0.717, 1.165) is 11.1 Å². The van der Waals surface area contributed by atoms with Gasteiger partial charge in [0.05, 0.1) is 7.11 Å². The van der Waals surface area contributed by atoms with Gasteiger partial charge in [-0.05, 0) is 30.2 Å². The summed E-state index contributed by atoms with van der Waals surface area (Å²) in [7, 11) is 1.18. The zero-order valence-corrected chi connectivity index (χ0v) is 7.82. The van der Waals surface area contributed by atoms with Crippen molar-refractivity contribution in [2.75, 3.05) is 7.11 Å². The van der Waals surface area contributed by atoms with E-state index < -0.39 is 0 Å². The van der Waals surface area contributed by atoms with E-state index in [1.54, 1.807) is 18.2 Å². The van der Waals surface area contributed by atoms with Crippen molar-refractivity contribution in [3.05, 3.63) is 35.9 Å². The highest BCUT2D eigenvalue weighted by atomic mass is 17.1. The van der Waals surface area contributed by atoms with Crippen molar-refractivity contribution in [2.24, 2.45) is 0 Å². The number of aryl methyl sites for hydroxylation is 1. The molecule has 3 nitrogen and oxygen atoms in total. The van der Waals surface area contributed by atoms with Gasteiger partial charge in [-0.25, -0.2) is 4.89 Å². The molecule has 0 aliphatic carbocycles. The Hall–Kier alpha value is -1.32. The highest BCUT2D eigenvalue weighted by Gasteiger charge is 1.91. The standard InChI is InChI=1S/C9H10O.CH4O2/c1-3-8-4-7(2)5-9(10)6-8;1-3-2/h3-6,10H,1H2,2H3;2H,1H3. The monoisotopic (exact) mass is 182 g/mol. The molecule has 0 fully saturated rings. The van der Waals surface area contributed by atoms with Crippen molar-refractivity contribution >= 4 is 6.08 Å². The normalized spacial score (nSPS) is 8.54. The largest absolute Gasteiger partial charge is 0.508 e. The lowest BCUT2D eigenvalue weighted by atomic mass is 10.1. The van der Waals surface area contributed by atoms with Crippen molar-refractivity contribution in [3.8, 4) is 5.75 Å². The Morgan fingerprint density at radius 2 is 1.92 bits per heavy atom. The first kappa shape index (κ1) is 11.7. The van der Waals surface area contributed by atoms with Crippen LogP contribution in [0.15, 0.2) is 24.8 Å². The Morgan fingerprint density at radius 1 is 1.38 bits per heavy atom. The molecule has 13 heavy (non-hydrogen) atoms. The number of aromatic hydroxyl groups is 1. The minimum absolute atomic E-state index is 0.301. The molecule has 3 heteroatoms. The average molecular weight is 182 g/mol. The van der Waals surface area contributed by atoms with Crippen molar-refractivity contribution in [3.63, 3.8) is 0 Å². The average Bonchev–Trinajstić information content (AvgIpc) is 2.04. The van der Waals surface area contributed by atoms with Crippen LogP contribution in [0.2, 0.25) is 0 Å². The van der Waals surface area contributed by atoms with Crippen LogP contribution in [0, 0.1) is 6.92 Å². The van der Waals surface area contributed by atoms with Gasteiger partial charge >= 0.3 is 0 Å². The van der Waals surface area contributed by atoms with E-state index in [0.29, 0.717) is 5.75 Å². The number of hydrogen-bond donors (Lipinski definition) is 2. The summed E-state index contributed by atoms with van der Waals surface area (Å²) in [6.45, 7) is 5.54. The van der Waals surface area contributed by atoms with Gasteiger partial charge in [0.25, 0.3) is 0 Å². The molecule has 72 valence electrons. The quantitative estimate of drug-likeness (QED) is 0.518. The second-order valence-electron chi connectivity index (χ2n) is 2.49. The predicted octanol–water partition coefficient (Wildman–Crippen LogP) is 2.45. The van der Waals surface area contributed by atoms with Crippen molar-refractivity contribution < 1.29 is 15.3 Å². The molecule has 0 unspecified atom stereocenters. The summed E-state index contributed by atoms with van der Waals surface area (Å²) in [5.74, 6) is 0.301. The maximum atomic E-state index is 9.08. The number of phenols is 1. The van der Waals surface area contributed by atoms with Crippen LogP contribution in [-0.2, 0) is 4.89 Å². The van der Waals surface area contributed by atoms with Crippen LogP contribution in [0.5, 0.6) is 5.75 Å². The maximum absolute atomic E-state index is 9.08. The zero-order valence-electron chi connectivity index (χ0n) is 7.82. The summed E-state index contributed by atoms with van der Waals surface area (Å²) >= 11 is 0. The summed E-state index contributed by atoms with van der Waals surface area (Å²) in [4.78, 5) is 3.25. The fourth-order valence-corrected chi connectivity index (χ4v) is 0.910. The molecule has 0 aromatic heterocycles. The van der Waals surface area contributed by atoms with E-state index in [1.165, 1.54) is 7.11 Å². The summed E-state index contributed by atoms with van der Waals surface area (Å²) < 4.78 is 0. The highest BCUT2D eigenvalue weighted by molar-refractivity contribution is 5.51. The van der Waals surface area contributed by atoms with E-state index in [1.807, 2.05) is 13.0 Å². The molecular formula is C10H14O3. The van der Waals surface area contributed by atoms with Crippen LogP contribution >= 0.6 is 0 Å². The highest BCUT2D eigenvalue weighted by Crippen LogP contribution is 2.15. The molecule has 1 rings (SSSR count). The minimum atomic E-state index is 0.301. The number of rotatable bonds is 1. The molecule has 0 spiro atoms. The van der Waals surface area contributed by atoms with Gasteiger partial charge in [-0.3, -0.25) is 5.26 Å². The summed E-state index contributed by atoms with van der Waals surface area (Å²) in [6.07, 6.45) is 1.72. The fourth-order valence-electron chi connectivity index (χ4n) is 0.910. The number of phenolic OH excluding ortho intramolecular Hbond substituents is 1. The molecule has 1 aromatic rings. The van der Waals surface area contributed by atoms with Gasteiger partial charge in [0.2, 0.25) is 0 Å². The third-order valence-electron chi connectivity index (χ3n) is 1.32. The van der Waals surface area contributed by atoms with Gasteiger partial charge in [0.1, 0.15) is 5.75 Å². The molecule has 0 radical (unpaired) electrons. The molecule has 2 N–H and O–H groups in total. The fraction of sp³-hybridized carbons (Fsp3) is 0.200. The Balaban J connectivity index is 0.000000424. The molecule has 0 saturated heterocycles. The zero-order chi connectivity index (χ0) is 10.3. The van der Waals surface area contributed by atoms with Gasteiger partial charge in [-0.15, -0.1) is 0 Å². The topological polar surface area (TPSA) is 49.7 Å². The summed E-state index contributed by atoms with van der Waals surface area (Å²) in [6, 6.07) is 5.36. The van der Waals surface area contributed by atoms with Gasteiger partial charge in [-0.1, -0.05) is 18.7 Å². The second kappa shape index (κ2) is 6.22. The summed E-state index contributed by atoms with van der Waals surface area (Å²) in [5, 5.41) is 16.1. The first-order valence-electron chi connectivity index (χ1n) is 3.74. The predicted molar refractivity (Wildman–Crippen MR) is 52.6 cm³/mol. The lowest BCUT2D eigenvalue weighted by Gasteiger charge is -1.96. The Bertz CT molecular complexity index is 249. The first-order chi connectivity index (χ1) is 6.13. The lowest BCUT2D eigenvalue weighted by molar-refractivity contribution is -0.214. The van der Waals surface area contributed by atoms with Crippen LogP contribution in [0.25, 0.3) is 6.08 Å². The van der Waals surface area contributed by atoms with Crippen molar-refractivity contribution in [1.29, 1.82) is 0 Å². The maximum Gasteiger partial charge on any atom is 0.116 e. The molecule has 0 bridgehead atoms. The van der Waals surface area contributed by atoms with Crippen LogP contribution in [0.3, 0.4) is 0 Å². The first-order valence-corrected chi connectivity index (χ1v) is 3.74. The molecule has 0 aliphatic heterocycles. The van der Waals surface area contributed by atoms with Crippen LogP contribution in [-0.4, -0.2) is 17.5 Å².